The molecule has 1 aliphatic carbocycles. The Morgan fingerprint density at radius 2 is 1.91 bits per heavy atom. The predicted octanol–water partition coefficient (Wildman–Crippen LogP) is 6.52. The van der Waals surface area contributed by atoms with Crippen molar-refractivity contribution in [1.29, 1.82) is 0 Å². The number of aromatic nitrogens is 2. The second-order valence-electron chi connectivity index (χ2n) is 9.97. The second kappa shape index (κ2) is 11.5. The third-order valence-electron chi connectivity index (χ3n) is 6.95. The minimum absolute atomic E-state index is 0.168. The molecule has 0 spiro atoms. The third-order valence-corrected chi connectivity index (χ3v) is 6.95. The van der Waals surface area contributed by atoms with Crippen molar-refractivity contribution < 1.29 is 9.53 Å². The molecule has 5 nitrogen and oxygen atoms in total. The highest BCUT2D eigenvalue weighted by Gasteiger charge is 2.21. The van der Waals surface area contributed by atoms with E-state index < -0.39 is 0 Å². The molecule has 1 saturated carbocycles. The number of rotatable bonds is 10. The van der Waals surface area contributed by atoms with Gasteiger partial charge in [0.15, 0.2) is 0 Å². The molecule has 5 heteroatoms. The Morgan fingerprint density at radius 3 is 2.71 bits per heavy atom. The van der Waals surface area contributed by atoms with Crippen LogP contribution in [0.2, 0.25) is 0 Å². The van der Waals surface area contributed by atoms with Crippen LogP contribution in [0, 0.1) is 12.8 Å². The van der Waals surface area contributed by atoms with Crippen molar-refractivity contribution in [1.82, 2.24) is 14.9 Å². The minimum Gasteiger partial charge on any atom is -0.493 e. The third kappa shape index (κ3) is 5.99. The van der Waals surface area contributed by atoms with Crippen molar-refractivity contribution in [2.75, 3.05) is 6.61 Å². The van der Waals surface area contributed by atoms with E-state index >= 15 is 0 Å². The largest absolute Gasteiger partial charge is 0.493 e. The van der Waals surface area contributed by atoms with Crippen LogP contribution in [0.4, 0.5) is 0 Å². The number of aryl methyl sites for hydroxylation is 2. The van der Waals surface area contributed by atoms with Gasteiger partial charge in [0.25, 0.3) is 0 Å². The number of imidazole rings is 1. The average Bonchev–Trinajstić information content (AvgIpc) is 3.20. The number of para-hydroxylation sites is 2. The lowest BCUT2D eigenvalue weighted by molar-refractivity contribution is -0.126. The number of hydrogen-bond donors (Lipinski definition) is 1. The molecule has 2 aromatic carbocycles. The number of nitrogens with one attached hydrogen (secondary N) is 1. The number of fused-ring (bicyclic) bond motifs is 1. The summed E-state index contributed by atoms with van der Waals surface area (Å²) in [4.78, 5) is 17.5. The van der Waals surface area contributed by atoms with Crippen molar-refractivity contribution >= 4 is 16.9 Å². The van der Waals surface area contributed by atoms with E-state index in [2.05, 4.69) is 61.0 Å². The molecular weight excluding hydrogens is 422 g/mol. The topological polar surface area (TPSA) is 56.1 Å². The molecule has 0 unspecified atom stereocenters. The molecule has 0 saturated heterocycles. The zero-order valence-corrected chi connectivity index (χ0v) is 21.0. The van der Waals surface area contributed by atoms with Gasteiger partial charge in [-0.1, -0.05) is 57.4 Å². The lowest BCUT2D eigenvalue weighted by atomic mass is 9.89. The number of ether oxygens (including phenoxy) is 1. The Hall–Kier alpha value is -2.82. The second-order valence-corrected chi connectivity index (χ2v) is 9.97. The van der Waals surface area contributed by atoms with Crippen LogP contribution in [0.5, 0.6) is 5.75 Å². The first-order valence-electron chi connectivity index (χ1n) is 13.0. The number of unbranched alkanes of at least 4 members (excludes halogenated alkanes) is 1. The van der Waals surface area contributed by atoms with E-state index in [1.54, 1.807) is 0 Å². The molecule has 1 aliphatic rings. The summed E-state index contributed by atoms with van der Waals surface area (Å²) < 4.78 is 8.45. The molecule has 1 aromatic heterocycles. The van der Waals surface area contributed by atoms with E-state index in [-0.39, 0.29) is 11.8 Å². The normalized spacial score (nSPS) is 14.6. The molecular formula is C29H39N3O2. The van der Waals surface area contributed by atoms with Crippen LogP contribution in [0.3, 0.4) is 0 Å². The van der Waals surface area contributed by atoms with E-state index in [1.165, 1.54) is 30.4 Å². The van der Waals surface area contributed by atoms with E-state index in [4.69, 9.17) is 9.72 Å². The van der Waals surface area contributed by atoms with Crippen LogP contribution in [-0.4, -0.2) is 22.1 Å². The number of hydrogen-bond acceptors (Lipinski definition) is 3. The van der Waals surface area contributed by atoms with Gasteiger partial charge >= 0.3 is 0 Å². The Bertz CT molecular complexity index is 1100. The lowest BCUT2D eigenvalue weighted by Crippen LogP contribution is -2.32. The van der Waals surface area contributed by atoms with Gasteiger partial charge < -0.3 is 14.6 Å². The summed E-state index contributed by atoms with van der Waals surface area (Å²) in [5.41, 5.74) is 4.61. The number of carbonyl (C=O) groups excluding carboxylic acids is 1. The van der Waals surface area contributed by atoms with Crippen LogP contribution in [0.15, 0.2) is 42.5 Å². The molecule has 182 valence electrons. The van der Waals surface area contributed by atoms with Gasteiger partial charge in [-0.15, -0.1) is 0 Å². The van der Waals surface area contributed by atoms with Crippen LogP contribution in [0.25, 0.3) is 11.0 Å². The molecule has 1 amide bonds. The van der Waals surface area contributed by atoms with E-state index in [0.29, 0.717) is 19.1 Å². The Balaban J connectivity index is 1.35. The zero-order valence-electron chi connectivity index (χ0n) is 21.0. The first-order chi connectivity index (χ1) is 16.5. The standard InChI is InChI=1S/C29H39N3O2/c1-21(2)24-16-15-22(3)19-27(24)34-18-10-9-17-32-26-14-8-7-13-25(26)31-28(32)20-30-29(33)23-11-5-4-6-12-23/h7-8,13-16,19,21,23H,4-6,9-12,17-18,20H2,1-3H3,(H,30,33). The number of amides is 1. The van der Waals surface area contributed by atoms with Crippen molar-refractivity contribution in [3.8, 4) is 5.75 Å². The first-order valence-corrected chi connectivity index (χ1v) is 13.0. The van der Waals surface area contributed by atoms with Crippen LogP contribution in [-0.2, 0) is 17.9 Å². The maximum absolute atomic E-state index is 12.7. The molecule has 1 heterocycles. The fourth-order valence-corrected chi connectivity index (χ4v) is 4.98. The highest BCUT2D eigenvalue weighted by Crippen LogP contribution is 2.28. The minimum atomic E-state index is 0.168. The molecule has 4 rings (SSSR count). The van der Waals surface area contributed by atoms with Crippen LogP contribution in [0.1, 0.15) is 81.7 Å². The SMILES string of the molecule is Cc1ccc(C(C)C)c(OCCCCn2c(CNC(=O)C3CCCCC3)nc3ccccc32)c1. The van der Waals surface area contributed by atoms with Gasteiger partial charge in [0.2, 0.25) is 5.91 Å². The summed E-state index contributed by atoms with van der Waals surface area (Å²) in [6, 6.07) is 14.7. The molecule has 1 fully saturated rings. The van der Waals surface area contributed by atoms with Crippen molar-refractivity contribution in [2.45, 2.75) is 84.7 Å². The van der Waals surface area contributed by atoms with Crippen LogP contribution < -0.4 is 10.1 Å². The van der Waals surface area contributed by atoms with E-state index in [1.807, 2.05) is 12.1 Å². The quantitative estimate of drug-likeness (QED) is 0.350. The van der Waals surface area contributed by atoms with E-state index in [9.17, 15) is 4.79 Å². The predicted molar refractivity (Wildman–Crippen MR) is 138 cm³/mol. The van der Waals surface area contributed by atoms with Crippen molar-refractivity contribution in [3.63, 3.8) is 0 Å². The lowest BCUT2D eigenvalue weighted by Gasteiger charge is -2.20. The monoisotopic (exact) mass is 461 g/mol. The van der Waals surface area contributed by atoms with Gasteiger partial charge in [0.1, 0.15) is 11.6 Å². The average molecular weight is 462 g/mol. The molecule has 0 aliphatic heterocycles. The number of carbonyl (C=O) groups is 1. The van der Waals surface area contributed by atoms with E-state index in [0.717, 1.165) is 54.8 Å². The summed E-state index contributed by atoms with van der Waals surface area (Å²) >= 11 is 0. The summed E-state index contributed by atoms with van der Waals surface area (Å²) in [6.07, 6.45) is 7.58. The molecule has 0 radical (unpaired) electrons. The number of nitrogens with zero attached hydrogens (tertiary/aromatic N) is 2. The fourth-order valence-electron chi connectivity index (χ4n) is 4.98. The summed E-state index contributed by atoms with van der Waals surface area (Å²) in [5.74, 6) is 2.74. The van der Waals surface area contributed by atoms with Gasteiger partial charge in [-0.05, 0) is 67.9 Å². The van der Waals surface area contributed by atoms with Gasteiger partial charge in [-0.25, -0.2) is 4.98 Å². The maximum Gasteiger partial charge on any atom is 0.223 e. The highest BCUT2D eigenvalue weighted by molar-refractivity contribution is 5.79. The van der Waals surface area contributed by atoms with Crippen LogP contribution >= 0.6 is 0 Å². The zero-order chi connectivity index (χ0) is 23.9. The Labute approximate surface area is 203 Å². The molecule has 0 bridgehead atoms. The number of benzene rings is 2. The molecule has 3 aromatic rings. The first kappa shape index (κ1) is 24.3. The molecule has 34 heavy (non-hydrogen) atoms. The Kier molecular flexibility index (Phi) is 8.25. The Morgan fingerprint density at radius 1 is 1.12 bits per heavy atom. The molecule has 1 N–H and O–H groups in total. The van der Waals surface area contributed by atoms with Gasteiger partial charge in [0, 0.05) is 12.5 Å². The van der Waals surface area contributed by atoms with Gasteiger partial charge in [-0.2, -0.15) is 0 Å². The summed E-state index contributed by atoms with van der Waals surface area (Å²) in [6.45, 7) is 8.57. The van der Waals surface area contributed by atoms with Crippen molar-refractivity contribution in [3.05, 3.63) is 59.4 Å². The molecule has 0 atom stereocenters. The summed E-state index contributed by atoms with van der Waals surface area (Å²) in [7, 11) is 0. The van der Waals surface area contributed by atoms with Gasteiger partial charge in [0.05, 0.1) is 24.2 Å². The maximum atomic E-state index is 12.7. The fraction of sp³-hybridized carbons (Fsp3) is 0.517. The summed E-state index contributed by atoms with van der Waals surface area (Å²) in [5, 5.41) is 3.17. The smallest absolute Gasteiger partial charge is 0.223 e. The van der Waals surface area contributed by atoms with Crippen molar-refractivity contribution in [2.24, 2.45) is 5.92 Å². The highest BCUT2D eigenvalue weighted by atomic mass is 16.5. The van der Waals surface area contributed by atoms with Gasteiger partial charge in [-0.3, -0.25) is 4.79 Å².